The summed E-state index contributed by atoms with van der Waals surface area (Å²) in [4.78, 5) is 8.55. The van der Waals surface area contributed by atoms with Gasteiger partial charge in [-0.2, -0.15) is 17.8 Å². The summed E-state index contributed by atoms with van der Waals surface area (Å²) in [6.45, 7) is 0.615. The Kier molecular flexibility index (Phi) is 5.44. The number of nitrogens with two attached hydrogens (primary N) is 2. The van der Waals surface area contributed by atoms with Gasteiger partial charge in [0.05, 0.1) is 11.4 Å². The quantitative estimate of drug-likeness (QED) is 0.461. The molecule has 0 aliphatic carbocycles. The minimum absolute atomic E-state index is 0.219. The van der Waals surface area contributed by atoms with Gasteiger partial charge in [-0.25, -0.2) is 19.8 Å². The Bertz CT molecular complexity index is 1390. The van der Waals surface area contributed by atoms with Crippen molar-refractivity contribution in [3.05, 3.63) is 60.9 Å². The third-order valence-corrected chi connectivity index (χ3v) is 6.74. The zero-order valence-electron chi connectivity index (χ0n) is 17.7. The molecule has 0 saturated carbocycles. The Morgan fingerprint density at radius 2 is 1.73 bits per heavy atom. The first kappa shape index (κ1) is 21.3. The van der Waals surface area contributed by atoms with Gasteiger partial charge in [0.15, 0.2) is 5.65 Å². The topological polar surface area (TPSA) is 142 Å². The van der Waals surface area contributed by atoms with Gasteiger partial charge in [-0.15, -0.1) is 0 Å². The van der Waals surface area contributed by atoms with Crippen molar-refractivity contribution in [3.63, 3.8) is 0 Å². The lowest BCUT2D eigenvalue weighted by molar-refractivity contribution is 0.258. The molecular weight excluding hydrogens is 442 g/mol. The molecule has 0 amide bonds. The molecule has 0 unspecified atom stereocenters. The molecular formula is C22H23N7O3S. The van der Waals surface area contributed by atoms with Crippen LogP contribution in [0.5, 0.6) is 11.5 Å². The first-order valence-electron chi connectivity index (χ1n) is 10.5. The Morgan fingerprint density at radius 1 is 1.00 bits per heavy atom. The molecule has 11 heteroatoms. The van der Waals surface area contributed by atoms with Crippen molar-refractivity contribution in [2.45, 2.75) is 18.9 Å². The molecule has 170 valence electrons. The lowest BCUT2D eigenvalue weighted by Gasteiger charge is -2.30. The number of piperidine rings is 1. The number of nitrogen functional groups attached to an aromatic ring is 1. The summed E-state index contributed by atoms with van der Waals surface area (Å²) in [7, 11) is -3.78. The highest BCUT2D eigenvalue weighted by Gasteiger charge is 2.30. The molecule has 1 aliphatic heterocycles. The maximum Gasteiger partial charge on any atom is 0.276 e. The van der Waals surface area contributed by atoms with Gasteiger partial charge in [-0.3, -0.25) is 0 Å². The lowest BCUT2D eigenvalue weighted by atomic mass is 10.1. The molecule has 1 fully saturated rings. The van der Waals surface area contributed by atoms with E-state index in [1.165, 1.54) is 10.6 Å². The molecule has 0 bridgehead atoms. The van der Waals surface area contributed by atoms with Crippen LogP contribution in [0.25, 0.3) is 22.3 Å². The maximum atomic E-state index is 11.9. The molecule has 33 heavy (non-hydrogen) atoms. The standard InChI is InChI=1S/C22H23N7O3S/c23-21-19-20(15-8-10-18(11-9-15)32-17-6-2-1-3-7-17)27-29(22(19)26-14-25-21)16-5-4-12-28(13-16)33(24,30)31/h1-3,6-11,14,16H,4-5,12-13H2,(H2,23,25,26)(H2,24,30,31)/t16-/m1/s1. The molecule has 0 radical (unpaired) electrons. The number of ether oxygens (including phenoxy) is 1. The molecule has 2 aromatic heterocycles. The smallest absolute Gasteiger partial charge is 0.276 e. The second-order valence-electron chi connectivity index (χ2n) is 7.89. The summed E-state index contributed by atoms with van der Waals surface area (Å²) in [5.41, 5.74) is 8.22. The molecule has 1 atom stereocenters. The van der Waals surface area contributed by atoms with Crippen LogP contribution in [-0.2, 0) is 10.2 Å². The van der Waals surface area contributed by atoms with Crippen LogP contribution in [0.2, 0.25) is 0 Å². The predicted molar refractivity (Wildman–Crippen MR) is 125 cm³/mol. The van der Waals surface area contributed by atoms with Crippen LogP contribution < -0.4 is 15.6 Å². The Morgan fingerprint density at radius 3 is 2.45 bits per heavy atom. The summed E-state index contributed by atoms with van der Waals surface area (Å²) >= 11 is 0. The van der Waals surface area contributed by atoms with Gasteiger partial charge in [-0.05, 0) is 49.2 Å². The highest BCUT2D eigenvalue weighted by molar-refractivity contribution is 7.86. The van der Waals surface area contributed by atoms with E-state index in [-0.39, 0.29) is 12.6 Å². The van der Waals surface area contributed by atoms with Gasteiger partial charge >= 0.3 is 0 Å². The summed E-state index contributed by atoms with van der Waals surface area (Å²) in [5.74, 6) is 1.74. The van der Waals surface area contributed by atoms with Crippen LogP contribution in [0.15, 0.2) is 60.9 Å². The third kappa shape index (κ3) is 4.25. The van der Waals surface area contributed by atoms with E-state index in [4.69, 9.17) is 20.7 Å². The molecule has 5 rings (SSSR count). The SMILES string of the molecule is Nc1ncnc2c1c(-c1ccc(Oc3ccccc3)cc1)nn2[C@@H]1CCCN(S(N)(=O)=O)C1. The third-order valence-electron chi connectivity index (χ3n) is 5.69. The average molecular weight is 466 g/mol. The maximum absolute atomic E-state index is 11.9. The van der Waals surface area contributed by atoms with Crippen molar-refractivity contribution >= 4 is 27.1 Å². The van der Waals surface area contributed by atoms with E-state index in [0.29, 0.717) is 41.3 Å². The van der Waals surface area contributed by atoms with E-state index in [1.54, 1.807) is 4.68 Å². The van der Waals surface area contributed by atoms with E-state index < -0.39 is 10.2 Å². The largest absolute Gasteiger partial charge is 0.457 e. The van der Waals surface area contributed by atoms with Gasteiger partial charge in [0.25, 0.3) is 10.2 Å². The molecule has 1 saturated heterocycles. The van der Waals surface area contributed by atoms with Gasteiger partial charge in [-0.1, -0.05) is 18.2 Å². The molecule has 2 aromatic carbocycles. The first-order valence-corrected chi connectivity index (χ1v) is 12.0. The minimum Gasteiger partial charge on any atom is -0.457 e. The van der Waals surface area contributed by atoms with E-state index in [2.05, 4.69) is 9.97 Å². The van der Waals surface area contributed by atoms with Crippen LogP contribution in [0, 0.1) is 0 Å². The number of aromatic nitrogens is 4. The van der Waals surface area contributed by atoms with Gasteiger partial charge in [0.2, 0.25) is 0 Å². The van der Waals surface area contributed by atoms with Crippen molar-refractivity contribution in [2.24, 2.45) is 5.14 Å². The second kappa shape index (κ2) is 8.43. The zero-order valence-corrected chi connectivity index (χ0v) is 18.5. The molecule has 4 aromatic rings. The van der Waals surface area contributed by atoms with Crippen molar-refractivity contribution in [1.82, 2.24) is 24.1 Å². The number of anilines is 1. The van der Waals surface area contributed by atoms with Crippen LogP contribution in [0.3, 0.4) is 0 Å². The number of rotatable bonds is 5. The number of nitrogens with zero attached hydrogens (tertiary/aromatic N) is 5. The van der Waals surface area contributed by atoms with Crippen LogP contribution >= 0.6 is 0 Å². The number of fused-ring (bicyclic) bond motifs is 1. The summed E-state index contributed by atoms with van der Waals surface area (Å²) < 4.78 is 32.7. The van der Waals surface area contributed by atoms with Gasteiger partial charge < -0.3 is 10.5 Å². The summed E-state index contributed by atoms with van der Waals surface area (Å²) in [5, 5.41) is 10.8. The van der Waals surface area contributed by atoms with Crippen LogP contribution in [0.1, 0.15) is 18.9 Å². The van der Waals surface area contributed by atoms with E-state index in [1.807, 2.05) is 54.6 Å². The molecule has 0 spiro atoms. The number of hydrogen-bond donors (Lipinski definition) is 2. The van der Waals surface area contributed by atoms with Crippen molar-refractivity contribution < 1.29 is 13.2 Å². The highest BCUT2D eigenvalue weighted by Crippen LogP contribution is 2.35. The number of benzene rings is 2. The highest BCUT2D eigenvalue weighted by atomic mass is 32.2. The Hall–Kier alpha value is -3.54. The monoisotopic (exact) mass is 465 g/mol. The molecule has 1 aliphatic rings. The number of para-hydroxylation sites is 1. The Balaban J connectivity index is 1.51. The lowest BCUT2D eigenvalue weighted by Crippen LogP contribution is -2.44. The average Bonchev–Trinajstić information content (AvgIpc) is 3.21. The fraction of sp³-hybridized carbons (Fsp3) is 0.227. The van der Waals surface area contributed by atoms with Crippen molar-refractivity contribution in [2.75, 3.05) is 18.8 Å². The van der Waals surface area contributed by atoms with Gasteiger partial charge in [0, 0.05) is 18.7 Å². The van der Waals surface area contributed by atoms with Crippen molar-refractivity contribution in [1.29, 1.82) is 0 Å². The fourth-order valence-corrected chi connectivity index (χ4v) is 4.87. The molecule has 3 heterocycles. The van der Waals surface area contributed by atoms with Crippen LogP contribution in [-0.4, -0.2) is 45.6 Å². The molecule has 4 N–H and O–H groups in total. The van der Waals surface area contributed by atoms with E-state index >= 15 is 0 Å². The fourth-order valence-electron chi connectivity index (χ4n) is 4.11. The van der Waals surface area contributed by atoms with Gasteiger partial charge in [0.1, 0.15) is 29.3 Å². The minimum atomic E-state index is -3.78. The molecule has 10 nitrogen and oxygen atoms in total. The first-order chi connectivity index (χ1) is 15.9. The van der Waals surface area contributed by atoms with E-state index in [9.17, 15) is 8.42 Å². The zero-order chi connectivity index (χ0) is 23.0. The summed E-state index contributed by atoms with van der Waals surface area (Å²) in [6, 6.07) is 16.8. The summed E-state index contributed by atoms with van der Waals surface area (Å²) in [6.07, 6.45) is 2.80. The predicted octanol–water partition coefficient (Wildman–Crippen LogP) is 2.71. The number of hydrogen-bond acceptors (Lipinski definition) is 7. The Labute approximate surface area is 191 Å². The van der Waals surface area contributed by atoms with E-state index in [0.717, 1.165) is 17.7 Å². The second-order valence-corrected chi connectivity index (χ2v) is 9.44. The van der Waals surface area contributed by atoms with Crippen LogP contribution in [0.4, 0.5) is 5.82 Å². The normalized spacial score (nSPS) is 17.3. The van der Waals surface area contributed by atoms with Crippen molar-refractivity contribution in [3.8, 4) is 22.8 Å².